The lowest BCUT2D eigenvalue weighted by Crippen LogP contribution is -2.38. The van der Waals surface area contributed by atoms with Gasteiger partial charge in [-0.05, 0) is 66.2 Å². The molecule has 3 aromatic carbocycles. The number of benzene rings is 3. The zero-order valence-electron chi connectivity index (χ0n) is 25.3. The van der Waals surface area contributed by atoms with E-state index in [1.54, 1.807) is 13.3 Å². The van der Waals surface area contributed by atoms with Gasteiger partial charge in [-0.25, -0.2) is 15.0 Å². The number of methoxy groups -OCH3 is 1. The highest BCUT2D eigenvalue weighted by molar-refractivity contribution is 8.24. The summed E-state index contributed by atoms with van der Waals surface area (Å²) >= 11 is 0. The van der Waals surface area contributed by atoms with Crippen LogP contribution in [0.5, 0.6) is 11.5 Å². The van der Waals surface area contributed by atoms with Crippen LogP contribution in [0.1, 0.15) is 5.56 Å². The van der Waals surface area contributed by atoms with Gasteiger partial charge in [-0.3, -0.25) is 13.5 Å². The number of rotatable bonds is 9. The number of pyridine rings is 1. The molecule has 0 saturated carbocycles. The second-order valence-corrected chi connectivity index (χ2v) is 13.4. The number of hydrogen-bond donors (Lipinski definition) is 3. The Balaban J connectivity index is 1.16. The number of nitrogens with one attached hydrogen (secondary N) is 1. The summed E-state index contributed by atoms with van der Waals surface area (Å²) in [6.45, 7) is 1.68. The lowest BCUT2D eigenvalue weighted by atomic mass is 10.1. The Morgan fingerprint density at radius 3 is 2.41 bits per heavy atom. The van der Waals surface area contributed by atoms with Gasteiger partial charge in [0.15, 0.2) is 11.5 Å². The molecule has 234 valence electrons. The van der Waals surface area contributed by atoms with Crippen LogP contribution >= 0.6 is 10.6 Å². The number of fused-ring (bicyclic) bond motifs is 1. The van der Waals surface area contributed by atoms with Crippen molar-refractivity contribution in [1.82, 2.24) is 19.4 Å². The van der Waals surface area contributed by atoms with Gasteiger partial charge in [-0.15, -0.1) is 0 Å². The molecular formula is C35H34N6O4S. The third-order valence-corrected chi connectivity index (χ3v) is 9.64. The molecule has 46 heavy (non-hydrogen) atoms. The summed E-state index contributed by atoms with van der Waals surface area (Å²) < 4.78 is 33.7. The second kappa shape index (κ2) is 12.7. The molecule has 4 heterocycles. The van der Waals surface area contributed by atoms with Crippen LogP contribution in [0.15, 0.2) is 109 Å². The molecule has 0 amide bonds. The first-order chi connectivity index (χ1) is 22.5. The Hall–Kier alpha value is -5.10. The Labute approximate surface area is 268 Å². The standard InChI is InChI=1S/C35H34N6O4S/c1-44-31-23-26(10-15-30(31)45-24-25-7-3-2-4-8-25)33-34(41-18-6-5-9-32(41)39-33)29-16-17-36-35(38-29)37-27-11-13-28(14-12-27)40-19-21-46(42,43)22-20-40/h2-18,23,42-43H,19-22,24H2,1H3,(H,36,37,38). The molecule has 10 nitrogen and oxygen atoms in total. The molecule has 0 radical (unpaired) electrons. The number of hydrogen-bond acceptors (Lipinski definition) is 9. The fourth-order valence-corrected chi connectivity index (χ4v) is 6.76. The van der Waals surface area contributed by atoms with E-state index in [1.807, 2.05) is 108 Å². The molecule has 0 aliphatic carbocycles. The first-order valence-corrected chi connectivity index (χ1v) is 16.9. The van der Waals surface area contributed by atoms with Crippen LogP contribution in [0.2, 0.25) is 0 Å². The van der Waals surface area contributed by atoms with Crippen molar-refractivity contribution in [2.24, 2.45) is 0 Å². The molecule has 0 atom stereocenters. The third-order valence-electron chi connectivity index (χ3n) is 7.97. The molecule has 1 aliphatic rings. The lowest BCUT2D eigenvalue weighted by molar-refractivity contribution is 0.284. The van der Waals surface area contributed by atoms with E-state index in [9.17, 15) is 9.11 Å². The molecule has 1 fully saturated rings. The number of anilines is 3. The number of nitrogens with zero attached hydrogens (tertiary/aromatic N) is 5. The van der Waals surface area contributed by atoms with Crippen molar-refractivity contribution in [3.63, 3.8) is 0 Å². The normalized spacial score (nSPS) is 15.0. The maximum atomic E-state index is 9.94. The molecule has 6 aromatic rings. The predicted molar refractivity (Wildman–Crippen MR) is 184 cm³/mol. The molecule has 7 rings (SSSR count). The van der Waals surface area contributed by atoms with Gasteiger partial charge in [-0.2, -0.15) is 10.6 Å². The zero-order chi connectivity index (χ0) is 31.5. The summed E-state index contributed by atoms with van der Waals surface area (Å²) in [6, 6.07) is 31.6. The van der Waals surface area contributed by atoms with Crippen molar-refractivity contribution >= 4 is 33.6 Å². The third kappa shape index (κ3) is 6.34. The Kier molecular flexibility index (Phi) is 8.18. The van der Waals surface area contributed by atoms with E-state index < -0.39 is 10.6 Å². The first-order valence-electron chi connectivity index (χ1n) is 15.0. The summed E-state index contributed by atoms with van der Waals surface area (Å²) in [5, 5.41) is 3.33. The average Bonchev–Trinajstić information content (AvgIpc) is 3.48. The SMILES string of the molecule is COc1cc(-c2nc3ccccn3c2-c2ccnc(Nc3ccc(N4CCS(O)(O)CC4)cc3)n2)ccc1OCc1ccccc1. The van der Waals surface area contributed by atoms with Crippen LogP contribution in [0.4, 0.5) is 17.3 Å². The highest BCUT2D eigenvalue weighted by Gasteiger charge is 2.23. The van der Waals surface area contributed by atoms with Crippen LogP contribution in [0.3, 0.4) is 0 Å². The molecule has 0 bridgehead atoms. The van der Waals surface area contributed by atoms with Crippen molar-refractivity contribution < 1.29 is 18.6 Å². The average molecular weight is 635 g/mol. The Bertz CT molecular complexity index is 1960. The van der Waals surface area contributed by atoms with Crippen molar-refractivity contribution in [2.75, 3.05) is 41.9 Å². The van der Waals surface area contributed by atoms with Crippen LogP contribution < -0.4 is 19.7 Å². The van der Waals surface area contributed by atoms with E-state index in [4.69, 9.17) is 19.4 Å². The van der Waals surface area contributed by atoms with E-state index in [0.717, 1.165) is 39.5 Å². The van der Waals surface area contributed by atoms with Gasteiger partial charge in [-0.1, -0.05) is 36.4 Å². The molecule has 0 spiro atoms. The van der Waals surface area contributed by atoms with Gasteiger partial charge < -0.3 is 19.7 Å². The minimum absolute atomic E-state index is 0.401. The molecule has 1 saturated heterocycles. The molecule has 0 unspecified atom stereocenters. The molecule has 3 aromatic heterocycles. The smallest absolute Gasteiger partial charge is 0.227 e. The first kappa shape index (κ1) is 29.6. The predicted octanol–water partition coefficient (Wildman–Crippen LogP) is 7.36. The summed E-state index contributed by atoms with van der Waals surface area (Å²) in [5.74, 6) is 2.52. The molecule has 11 heteroatoms. The van der Waals surface area contributed by atoms with Crippen molar-refractivity contribution in [3.05, 3.63) is 115 Å². The Morgan fingerprint density at radius 1 is 0.848 bits per heavy atom. The van der Waals surface area contributed by atoms with Gasteiger partial charge in [0.05, 0.1) is 35.7 Å². The lowest BCUT2D eigenvalue weighted by Gasteiger charge is -2.41. The summed E-state index contributed by atoms with van der Waals surface area (Å²) in [4.78, 5) is 16.5. The highest BCUT2D eigenvalue weighted by Crippen LogP contribution is 2.41. The molecular weight excluding hydrogens is 600 g/mol. The topological polar surface area (TPSA) is 117 Å². The highest BCUT2D eigenvalue weighted by atomic mass is 32.3. The summed E-state index contributed by atoms with van der Waals surface area (Å²) in [6.07, 6.45) is 3.71. The van der Waals surface area contributed by atoms with E-state index >= 15 is 0 Å². The zero-order valence-corrected chi connectivity index (χ0v) is 26.1. The van der Waals surface area contributed by atoms with E-state index in [2.05, 4.69) is 15.2 Å². The maximum absolute atomic E-state index is 9.94. The van der Waals surface area contributed by atoms with Crippen molar-refractivity contribution in [3.8, 4) is 34.1 Å². The van der Waals surface area contributed by atoms with Gasteiger partial charge in [0.1, 0.15) is 12.3 Å². The minimum atomic E-state index is -2.44. The van der Waals surface area contributed by atoms with Crippen LogP contribution in [0, 0.1) is 0 Å². The van der Waals surface area contributed by atoms with E-state index in [0.29, 0.717) is 54.3 Å². The number of imidazole rings is 1. The van der Waals surface area contributed by atoms with Gasteiger partial charge in [0, 0.05) is 42.4 Å². The summed E-state index contributed by atoms with van der Waals surface area (Å²) in [5.41, 5.74) is 6.90. The summed E-state index contributed by atoms with van der Waals surface area (Å²) in [7, 11) is -0.801. The van der Waals surface area contributed by atoms with Crippen LogP contribution in [-0.2, 0) is 6.61 Å². The number of aromatic nitrogens is 4. The van der Waals surface area contributed by atoms with Gasteiger partial charge in [0.2, 0.25) is 5.95 Å². The fourth-order valence-electron chi connectivity index (χ4n) is 5.53. The van der Waals surface area contributed by atoms with E-state index in [1.165, 1.54) is 0 Å². The quantitative estimate of drug-likeness (QED) is 0.150. The second-order valence-electron chi connectivity index (χ2n) is 11.0. The molecule has 1 aliphatic heterocycles. The van der Waals surface area contributed by atoms with Gasteiger partial charge >= 0.3 is 0 Å². The van der Waals surface area contributed by atoms with E-state index in [-0.39, 0.29) is 0 Å². The largest absolute Gasteiger partial charge is 0.493 e. The maximum Gasteiger partial charge on any atom is 0.227 e. The van der Waals surface area contributed by atoms with Crippen molar-refractivity contribution in [1.29, 1.82) is 0 Å². The fraction of sp³-hybridized carbons (Fsp3) is 0.171. The minimum Gasteiger partial charge on any atom is -0.493 e. The monoisotopic (exact) mass is 634 g/mol. The van der Waals surface area contributed by atoms with Crippen LogP contribution in [0.25, 0.3) is 28.3 Å². The Morgan fingerprint density at radius 2 is 1.63 bits per heavy atom. The van der Waals surface area contributed by atoms with Crippen molar-refractivity contribution in [2.45, 2.75) is 6.61 Å². The van der Waals surface area contributed by atoms with Gasteiger partial charge in [0.25, 0.3) is 0 Å². The van der Waals surface area contributed by atoms with Crippen LogP contribution in [-0.4, -0.2) is 60.2 Å². The molecule has 3 N–H and O–H groups in total. The number of ether oxygens (including phenoxy) is 2.